The van der Waals surface area contributed by atoms with Crippen LogP contribution in [0.3, 0.4) is 0 Å². The summed E-state index contributed by atoms with van der Waals surface area (Å²) in [7, 11) is 1.63. The maximum absolute atomic E-state index is 11.7. The fourth-order valence-electron chi connectivity index (χ4n) is 2.31. The van der Waals surface area contributed by atoms with E-state index >= 15 is 0 Å². The summed E-state index contributed by atoms with van der Waals surface area (Å²) in [4.78, 5) is 16.2. The molecule has 0 bridgehead atoms. The van der Waals surface area contributed by atoms with Gasteiger partial charge < -0.3 is 30.2 Å². The number of aliphatic imine (C=N–C) groups is 1. The molecule has 164 valence electrons. The number of benzene rings is 1. The minimum Gasteiger partial charge on any atom is -0.493 e. The van der Waals surface area contributed by atoms with E-state index in [1.54, 1.807) is 7.11 Å². The van der Waals surface area contributed by atoms with Gasteiger partial charge in [0, 0.05) is 19.6 Å². The van der Waals surface area contributed by atoms with Gasteiger partial charge in [-0.1, -0.05) is 13.0 Å². The summed E-state index contributed by atoms with van der Waals surface area (Å²) in [6.07, 6.45) is 0.508. The van der Waals surface area contributed by atoms with Gasteiger partial charge in [-0.15, -0.1) is 0 Å². The van der Waals surface area contributed by atoms with E-state index in [4.69, 9.17) is 14.2 Å². The summed E-state index contributed by atoms with van der Waals surface area (Å²) in [5.74, 6) is 2.11. The molecule has 8 nitrogen and oxygen atoms in total. The first-order valence-corrected chi connectivity index (χ1v) is 10.1. The number of alkyl carbamates (subject to hydrolysis) is 1. The first-order valence-electron chi connectivity index (χ1n) is 10.1. The van der Waals surface area contributed by atoms with Crippen LogP contribution in [0.5, 0.6) is 11.5 Å². The maximum Gasteiger partial charge on any atom is 0.407 e. The number of guanidine groups is 1. The molecule has 0 heterocycles. The van der Waals surface area contributed by atoms with Crippen molar-refractivity contribution < 1.29 is 19.0 Å². The van der Waals surface area contributed by atoms with Crippen LogP contribution in [0.1, 0.15) is 46.6 Å². The molecule has 0 aliphatic heterocycles. The molecule has 0 unspecified atom stereocenters. The summed E-state index contributed by atoms with van der Waals surface area (Å²) in [6, 6.07) is 5.82. The number of ether oxygens (including phenoxy) is 3. The molecule has 0 spiro atoms. The van der Waals surface area contributed by atoms with E-state index in [1.807, 2.05) is 45.9 Å². The molecule has 1 rings (SSSR count). The van der Waals surface area contributed by atoms with Gasteiger partial charge in [0.1, 0.15) is 5.60 Å². The Morgan fingerprint density at radius 3 is 2.41 bits per heavy atom. The molecule has 8 heteroatoms. The van der Waals surface area contributed by atoms with Crippen LogP contribution in [-0.2, 0) is 11.3 Å². The summed E-state index contributed by atoms with van der Waals surface area (Å²) in [5.41, 5.74) is 0.501. The van der Waals surface area contributed by atoms with Crippen LogP contribution in [0.4, 0.5) is 4.79 Å². The Balaban J connectivity index is 2.57. The molecule has 0 saturated carbocycles. The van der Waals surface area contributed by atoms with Gasteiger partial charge in [0.25, 0.3) is 0 Å². The van der Waals surface area contributed by atoms with Crippen molar-refractivity contribution in [3.05, 3.63) is 23.8 Å². The predicted molar refractivity (Wildman–Crippen MR) is 116 cm³/mol. The third-order valence-electron chi connectivity index (χ3n) is 3.54. The number of nitrogens with one attached hydrogen (secondary N) is 3. The lowest BCUT2D eigenvalue weighted by Crippen LogP contribution is -2.42. The van der Waals surface area contributed by atoms with Gasteiger partial charge in [0.2, 0.25) is 0 Å². The van der Waals surface area contributed by atoms with E-state index in [1.165, 1.54) is 0 Å². The Hall–Kier alpha value is -2.64. The Kier molecular flexibility index (Phi) is 10.7. The van der Waals surface area contributed by atoms with Crippen LogP contribution < -0.4 is 25.4 Å². The van der Waals surface area contributed by atoms with Crippen LogP contribution in [-0.4, -0.2) is 51.0 Å². The molecular formula is C21H36N4O4. The first kappa shape index (κ1) is 24.4. The van der Waals surface area contributed by atoms with Crippen LogP contribution in [0.2, 0.25) is 0 Å². The van der Waals surface area contributed by atoms with Crippen molar-refractivity contribution >= 4 is 12.1 Å². The van der Waals surface area contributed by atoms with Crippen LogP contribution in [0, 0.1) is 0 Å². The van der Waals surface area contributed by atoms with Crippen molar-refractivity contribution in [1.29, 1.82) is 0 Å². The van der Waals surface area contributed by atoms with Crippen molar-refractivity contribution in [3.8, 4) is 11.5 Å². The maximum atomic E-state index is 11.7. The second-order valence-electron chi connectivity index (χ2n) is 7.38. The molecular weight excluding hydrogens is 372 g/mol. The van der Waals surface area contributed by atoms with Crippen LogP contribution >= 0.6 is 0 Å². The van der Waals surface area contributed by atoms with Gasteiger partial charge in [0.15, 0.2) is 17.5 Å². The Morgan fingerprint density at radius 1 is 1.07 bits per heavy atom. The number of nitrogens with zero attached hydrogens (tertiary/aromatic N) is 1. The lowest BCUT2D eigenvalue weighted by molar-refractivity contribution is 0.0529. The standard InChI is InChI=1S/C21H36N4O4/c1-7-13-28-17-10-9-16(14-18(17)27-6)15-25-19(22-8-2)23-11-12-24-20(26)29-21(3,4)5/h9-10,14H,7-8,11-13,15H2,1-6H3,(H,24,26)(H2,22,23,25). The number of amides is 1. The van der Waals surface area contributed by atoms with E-state index in [0.29, 0.717) is 38.0 Å². The third-order valence-corrected chi connectivity index (χ3v) is 3.54. The molecule has 0 fully saturated rings. The van der Waals surface area contributed by atoms with E-state index in [-0.39, 0.29) is 0 Å². The molecule has 1 aromatic carbocycles. The first-order chi connectivity index (χ1) is 13.8. The Bertz CT molecular complexity index is 657. The zero-order valence-electron chi connectivity index (χ0n) is 18.6. The second kappa shape index (κ2) is 12.7. The molecule has 29 heavy (non-hydrogen) atoms. The number of carbonyl (C=O) groups is 1. The van der Waals surface area contributed by atoms with E-state index in [2.05, 4.69) is 27.9 Å². The fourth-order valence-corrected chi connectivity index (χ4v) is 2.31. The quantitative estimate of drug-likeness (QED) is 0.313. The number of methoxy groups -OCH3 is 1. The average Bonchev–Trinajstić information content (AvgIpc) is 2.66. The van der Waals surface area contributed by atoms with Crippen molar-refractivity contribution in [2.75, 3.05) is 33.4 Å². The lowest BCUT2D eigenvalue weighted by atomic mass is 10.2. The smallest absolute Gasteiger partial charge is 0.407 e. The van der Waals surface area contributed by atoms with E-state index in [9.17, 15) is 4.79 Å². The minimum absolute atomic E-state index is 0.427. The topological polar surface area (TPSA) is 93.2 Å². The average molecular weight is 409 g/mol. The van der Waals surface area contributed by atoms with E-state index in [0.717, 1.165) is 24.3 Å². The summed E-state index contributed by atoms with van der Waals surface area (Å²) in [5, 5.41) is 9.09. The minimum atomic E-state index is -0.508. The largest absolute Gasteiger partial charge is 0.493 e. The van der Waals surface area contributed by atoms with Gasteiger partial charge >= 0.3 is 6.09 Å². The highest BCUT2D eigenvalue weighted by molar-refractivity contribution is 5.79. The van der Waals surface area contributed by atoms with E-state index < -0.39 is 11.7 Å². The number of rotatable bonds is 10. The normalized spacial score (nSPS) is 11.6. The Morgan fingerprint density at radius 2 is 1.79 bits per heavy atom. The lowest BCUT2D eigenvalue weighted by Gasteiger charge is -2.20. The molecule has 0 radical (unpaired) electrons. The number of hydrogen-bond donors (Lipinski definition) is 3. The molecule has 3 N–H and O–H groups in total. The Labute approximate surface area is 174 Å². The second-order valence-corrected chi connectivity index (χ2v) is 7.38. The van der Waals surface area contributed by atoms with Gasteiger partial charge in [-0.3, -0.25) is 0 Å². The van der Waals surface area contributed by atoms with Gasteiger partial charge in [0.05, 0.1) is 20.3 Å². The zero-order valence-corrected chi connectivity index (χ0v) is 18.6. The predicted octanol–water partition coefficient (Wildman–Crippen LogP) is 3.06. The van der Waals surface area contributed by atoms with Crippen molar-refractivity contribution in [2.45, 2.75) is 53.2 Å². The molecule has 0 aromatic heterocycles. The van der Waals surface area contributed by atoms with Gasteiger partial charge in [-0.25, -0.2) is 9.79 Å². The summed E-state index contributed by atoms with van der Waals surface area (Å²) < 4.78 is 16.3. The summed E-state index contributed by atoms with van der Waals surface area (Å²) in [6.45, 7) is 12.4. The highest BCUT2D eigenvalue weighted by Gasteiger charge is 2.15. The molecule has 0 saturated heterocycles. The number of carbonyl (C=O) groups excluding carboxylic acids is 1. The monoisotopic (exact) mass is 408 g/mol. The highest BCUT2D eigenvalue weighted by Crippen LogP contribution is 2.28. The van der Waals surface area contributed by atoms with Gasteiger partial charge in [-0.05, 0) is 51.8 Å². The highest BCUT2D eigenvalue weighted by atomic mass is 16.6. The van der Waals surface area contributed by atoms with Crippen molar-refractivity contribution in [3.63, 3.8) is 0 Å². The molecule has 0 aliphatic carbocycles. The fraction of sp³-hybridized carbons (Fsp3) is 0.619. The van der Waals surface area contributed by atoms with Crippen molar-refractivity contribution in [1.82, 2.24) is 16.0 Å². The zero-order chi connectivity index (χ0) is 21.7. The third kappa shape index (κ3) is 10.5. The SMILES string of the molecule is CCCOc1ccc(CN=C(NCC)NCCNC(=O)OC(C)(C)C)cc1OC. The van der Waals surface area contributed by atoms with Crippen LogP contribution in [0.25, 0.3) is 0 Å². The molecule has 1 amide bonds. The number of hydrogen-bond acceptors (Lipinski definition) is 5. The molecule has 0 atom stereocenters. The molecule has 0 aliphatic rings. The molecule has 1 aromatic rings. The van der Waals surface area contributed by atoms with Gasteiger partial charge in [-0.2, -0.15) is 0 Å². The summed E-state index contributed by atoms with van der Waals surface area (Å²) >= 11 is 0. The van der Waals surface area contributed by atoms with Crippen molar-refractivity contribution in [2.24, 2.45) is 4.99 Å². The van der Waals surface area contributed by atoms with Crippen LogP contribution in [0.15, 0.2) is 23.2 Å².